The number of hydrogen-bond donors (Lipinski definition) is 3. The molecule has 15 heteroatoms. The first kappa shape index (κ1) is 30.4. The lowest BCUT2D eigenvalue weighted by Crippen LogP contribution is -2.54. The number of aliphatic hydroxyl groups is 1. The summed E-state index contributed by atoms with van der Waals surface area (Å²) in [5.74, 6) is -6.69. The fourth-order valence-electron chi connectivity index (χ4n) is 5.83. The van der Waals surface area contributed by atoms with Gasteiger partial charge < -0.3 is 10.4 Å². The Morgan fingerprint density at radius 1 is 1.02 bits per heavy atom. The monoisotopic (exact) mass is 643 g/mol. The van der Waals surface area contributed by atoms with Gasteiger partial charge in [-0.3, -0.25) is 9.78 Å². The molecule has 5 rings (SSSR count). The maximum absolute atomic E-state index is 13.7. The number of carbonyl (C=O) groups is 1. The number of aromatic nitrogens is 1. The van der Waals surface area contributed by atoms with Crippen molar-refractivity contribution in [3.05, 3.63) is 82.9 Å². The fraction of sp³-hybridized carbons (Fsp3) is 0.333. The van der Waals surface area contributed by atoms with Gasteiger partial charge in [0.25, 0.3) is 5.91 Å². The molecule has 2 aliphatic carbocycles. The topological polar surface area (TPSA) is 143 Å². The standard InChI is InChI=1S/C27H25ClF3N3O6S2/c28-21-6-3-15(26(35)34-18-11-22(29)25(31)23(30)12-18)8-24(21)41(37,38)20-9-16-4-5-17(10-20)27(16,36)14-33-42(39,40)19-2-1-7-32-13-19/h1-3,6-8,11-13,16-17,20,33,36H,4-5,9-10,14H2,(H,34,35)/t16-,17?,20-,27-/m0/s1. The molecule has 1 amide bonds. The lowest BCUT2D eigenvalue weighted by Gasteiger charge is -2.42. The molecule has 2 aromatic carbocycles. The quantitative estimate of drug-likeness (QED) is 0.314. The van der Waals surface area contributed by atoms with E-state index in [1.54, 1.807) is 0 Å². The predicted molar refractivity (Wildman–Crippen MR) is 147 cm³/mol. The average molecular weight is 644 g/mol. The van der Waals surface area contributed by atoms with Gasteiger partial charge in [0, 0.05) is 42.3 Å². The number of halogens is 4. The lowest BCUT2D eigenvalue weighted by atomic mass is 9.74. The Balaban J connectivity index is 1.33. The van der Waals surface area contributed by atoms with Crippen LogP contribution in [0.25, 0.3) is 0 Å². The number of rotatable bonds is 8. The average Bonchev–Trinajstić information content (AvgIpc) is 3.10. The van der Waals surface area contributed by atoms with E-state index in [1.165, 1.54) is 36.7 Å². The third-order valence-electron chi connectivity index (χ3n) is 8.04. The van der Waals surface area contributed by atoms with Gasteiger partial charge in [-0.2, -0.15) is 0 Å². The molecule has 4 atom stereocenters. The first-order valence-corrected chi connectivity index (χ1v) is 16.2. The summed E-state index contributed by atoms with van der Waals surface area (Å²) in [6.07, 6.45) is 3.65. The Kier molecular flexibility index (Phi) is 8.13. The maximum atomic E-state index is 13.7. The van der Waals surface area contributed by atoms with Crippen LogP contribution in [0.2, 0.25) is 5.02 Å². The molecule has 1 aromatic heterocycles. The van der Waals surface area contributed by atoms with Crippen LogP contribution in [-0.2, 0) is 19.9 Å². The van der Waals surface area contributed by atoms with Gasteiger partial charge in [0.05, 0.1) is 20.8 Å². The van der Waals surface area contributed by atoms with Gasteiger partial charge in [-0.25, -0.2) is 34.7 Å². The van der Waals surface area contributed by atoms with Crippen molar-refractivity contribution >= 4 is 43.1 Å². The Bertz CT molecular complexity index is 1720. The molecule has 2 bridgehead atoms. The van der Waals surface area contributed by atoms with Crippen molar-refractivity contribution in [2.45, 2.75) is 46.3 Å². The SMILES string of the molecule is O=C(Nc1cc(F)c(F)c(F)c1)c1ccc(Cl)c(S(=O)(=O)[C@@H]2CC3CC[C@@H](C2)[C@@]3(O)CNS(=O)(=O)c2cccnc2)c1. The van der Waals surface area contributed by atoms with Crippen LogP contribution in [0, 0.1) is 29.3 Å². The van der Waals surface area contributed by atoms with Gasteiger partial charge in [-0.05, 0) is 67.9 Å². The van der Waals surface area contributed by atoms with Crippen LogP contribution in [0.4, 0.5) is 18.9 Å². The number of pyridine rings is 1. The summed E-state index contributed by atoms with van der Waals surface area (Å²) in [5, 5.41) is 12.6. The van der Waals surface area contributed by atoms with E-state index in [9.17, 15) is 39.9 Å². The maximum Gasteiger partial charge on any atom is 0.255 e. The van der Waals surface area contributed by atoms with E-state index in [4.69, 9.17) is 11.6 Å². The number of anilines is 1. The number of benzene rings is 2. The highest BCUT2D eigenvalue weighted by molar-refractivity contribution is 7.92. The molecule has 9 nitrogen and oxygen atoms in total. The molecule has 3 N–H and O–H groups in total. The number of amides is 1. The molecule has 0 radical (unpaired) electrons. The number of sulfonamides is 1. The van der Waals surface area contributed by atoms with E-state index >= 15 is 0 Å². The molecule has 42 heavy (non-hydrogen) atoms. The number of sulfone groups is 1. The molecular formula is C27H25ClF3N3O6S2. The van der Waals surface area contributed by atoms with Gasteiger partial charge in [0.2, 0.25) is 10.0 Å². The molecule has 1 heterocycles. The summed E-state index contributed by atoms with van der Waals surface area (Å²) in [6, 6.07) is 7.48. The molecule has 0 aliphatic heterocycles. The van der Waals surface area contributed by atoms with Gasteiger partial charge in [-0.15, -0.1) is 0 Å². The number of hydrogen-bond acceptors (Lipinski definition) is 7. The van der Waals surface area contributed by atoms with E-state index in [2.05, 4.69) is 15.0 Å². The van der Waals surface area contributed by atoms with E-state index < -0.39 is 65.9 Å². The first-order valence-electron chi connectivity index (χ1n) is 12.8. The van der Waals surface area contributed by atoms with Crippen LogP contribution >= 0.6 is 11.6 Å². The summed E-state index contributed by atoms with van der Waals surface area (Å²) in [4.78, 5) is 16.2. The van der Waals surface area contributed by atoms with Gasteiger partial charge in [-0.1, -0.05) is 11.6 Å². The summed E-state index contributed by atoms with van der Waals surface area (Å²) in [6.45, 7) is -0.298. The van der Waals surface area contributed by atoms with Crippen LogP contribution in [0.1, 0.15) is 36.0 Å². The fourth-order valence-corrected chi connectivity index (χ4v) is 9.27. The minimum Gasteiger partial charge on any atom is -0.388 e. The van der Waals surface area contributed by atoms with Gasteiger partial charge >= 0.3 is 0 Å². The third kappa shape index (κ3) is 5.65. The normalized spacial score (nSPS) is 24.0. The lowest BCUT2D eigenvalue weighted by molar-refractivity contribution is -0.0525. The number of nitrogens with zero attached hydrogens (tertiary/aromatic N) is 1. The molecule has 2 fully saturated rings. The zero-order chi connectivity index (χ0) is 30.4. The Morgan fingerprint density at radius 3 is 2.26 bits per heavy atom. The first-order chi connectivity index (χ1) is 19.7. The summed E-state index contributed by atoms with van der Waals surface area (Å²) >= 11 is 6.24. The van der Waals surface area contributed by atoms with E-state index in [1.807, 2.05) is 0 Å². The molecule has 0 spiro atoms. The highest BCUT2D eigenvalue weighted by Gasteiger charge is 2.56. The van der Waals surface area contributed by atoms with Crippen LogP contribution in [-0.4, -0.2) is 50.2 Å². The Hall–Kier alpha value is -3.04. The van der Waals surface area contributed by atoms with E-state index in [-0.39, 0.29) is 45.5 Å². The second-order valence-corrected chi connectivity index (χ2v) is 14.8. The molecule has 1 unspecified atom stereocenters. The Labute approximate surface area is 245 Å². The highest BCUT2D eigenvalue weighted by Crippen LogP contribution is 2.52. The molecule has 0 saturated heterocycles. The van der Waals surface area contributed by atoms with Crippen molar-refractivity contribution in [2.75, 3.05) is 11.9 Å². The van der Waals surface area contributed by atoms with E-state index in [0.717, 1.165) is 6.07 Å². The van der Waals surface area contributed by atoms with Crippen molar-refractivity contribution in [3.8, 4) is 0 Å². The minimum absolute atomic E-state index is 0.0326. The number of nitrogens with one attached hydrogen (secondary N) is 2. The van der Waals surface area contributed by atoms with Crippen molar-refractivity contribution < 1.29 is 39.9 Å². The molecule has 3 aromatic rings. The molecule has 224 valence electrons. The molecular weight excluding hydrogens is 619 g/mol. The third-order valence-corrected chi connectivity index (χ3v) is 12.1. The Morgan fingerprint density at radius 2 is 1.67 bits per heavy atom. The number of carbonyl (C=O) groups excluding carboxylic acids is 1. The second kappa shape index (κ2) is 11.2. The summed E-state index contributed by atoms with van der Waals surface area (Å²) in [7, 11) is -8.10. The van der Waals surface area contributed by atoms with E-state index in [0.29, 0.717) is 25.0 Å². The van der Waals surface area contributed by atoms with Crippen molar-refractivity contribution in [2.24, 2.45) is 11.8 Å². The van der Waals surface area contributed by atoms with Crippen molar-refractivity contribution in [3.63, 3.8) is 0 Å². The minimum atomic E-state index is -4.14. The van der Waals surface area contributed by atoms with Crippen molar-refractivity contribution in [1.29, 1.82) is 0 Å². The zero-order valence-corrected chi connectivity index (χ0v) is 24.1. The van der Waals surface area contributed by atoms with Gasteiger partial charge in [0.15, 0.2) is 27.3 Å². The predicted octanol–water partition coefficient (Wildman–Crippen LogP) is 4.08. The number of fused-ring (bicyclic) bond motifs is 2. The van der Waals surface area contributed by atoms with Crippen LogP contribution in [0.15, 0.2) is 64.6 Å². The molecule has 2 aliphatic rings. The van der Waals surface area contributed by atoms with Gasteiger partial charge in [0.1, 0.15) is 4.90 Å². The summed E-state index contributed by atoms with van der Waals surface area (Å²) < 4.78 is 95.7. The van der Waals surface area contributed by atoms with Crippen molar-refractivity contribution in [1.82, 2.24) is 9.71 Å². The van der Waals surface area contributed by atoms with Crippen LogP contribution in [0.5, 0.6) is 0 Å². The molecule has 2 saturated carbocycles. The van der Waals surface area contributed by atoms with Crippen LogP contribution < -0.4 is 10.0 Å². The largest absolute Gasteiger partial charge is 0.388 e. The van der Waals surface area contributed by atoms with Crippen LogP contribution in [0.3, 0.4) is 0 Å². The summed E-state index contributed by atoms with van der Waals surface area (Å²) in [5.41, 5.74) is -2.02. The second-order valence-electron chi connectivity index (χ2n) is 10.5. The smallest absolute Gasteiger partial charge is 0.255 e. The zero-order valence-electron chi connectivity index (χ0n) is 21.7. The highest BCUT2D eigenvalue weighted by atomic mass is 35.5.